The lowest BCUT2D eigenvalue weighted by Gasteiger charge is -2.17. The van der Waals surface area contributed by atoms with Gasteiger partial charge in [-0.2, -0.15) is 10.5 Å². The number of thioether (sulfide) groups is 1. The summed E-state index contributed by atoms with van der Waals surface area (Å²) in [5.74, 6) is 0.938. The van der Waals surface area contributed by atoms with Crippen LogP contribution in [-0.2, 0) is 17.6 Å². The molecule has 1 unspecified atom stereocenters. The third kappa shape index (κ3) is 5.39. The fraction of sp³-hybridized carbons (Fsp3) is 0.280. The molecule has 0 radical (unpaired) electrons. The van der Waals surface area contributed by atoms with Crippen LogP contribution in [0.1, 0.15) is 41.3 Å². The van der Waals surface area contributed by atoms with Crippen molar-refractivity contribution in [2.75, 3.05) is 11.1 Å². The number of nitrogens with one attached hydrogen (secondary N) is 1. The molecular weight excluding hydrogens is 472 g/mol. The number of nitriles is 2. The van der Waals surface area contributed by atoms with Crippen LogP contribution in [0.25, 0.3) is 11.3 Å². The Morgan fingerprint density at radius 3 is 2.76 bits per heavy atom. The fourth-order valence-corrected chi connectivity index (χ4v) is 6.22. The van der Waals surface area contributed by atoms with Gasteiger partial charge in [-0.25, -0.2) is 4.98 Å². The molecule has 1 atom stereocenters. The molecule has 1 aliphatic carbocycles. The van der Waals surface area contributed by atoms with Crippen molar-refractivity contribution in [1.82, 2.24) is 4.98 Å². The minimum atomic E-state index is -0.141. The monoisotopic (exact) mass is 492 g/mol. The number of pyridine rings is 1. The molecule has 1 aromatic carbocycles. The number of benzene rings is 1. The number of amides is 1. The molecule has 166 valence electrons. The standard InChI is InChI=1S/C25H21ClN4OS2/c1-15-2-8-19-20(14-28)25(33-22(19)12-15)30-23(31)10-11-32-24-17(13-27)5-9-21(29-24)16-3-6-18(26)7-4-16/h3-7,9,15H,2,8,10-12H2,1H3,(H,30,31). The highest BCUT2D eigenvalue weighted by Crippen LogP contribution is 2.39. The number of rotatable bonds is 6. The number of fused-ring (bicyclic) bond motifs is 1. The van der Waals surface area contributed by atoms with Crippen molar-refractivity contribution in [2.24, 2.45) is 5.92 Å². The number of anilines is 1. The molecule has 0 aliphatic heterocycles. The van der Waals surface area contributed by atoms with Crippen molar-refractivity contribution < 1.29 is 4.79 Å². The second-order valence-electron chi connectivity index (χ2n) is 7.98. The van der Waals surface area contributed by atoms with E-state index in [0.717, 1.165) is 36.1 Å². The summed E-state index contributed by atoms with van der Waals surface area (Å²) in [6.45, 7) is 2.22. The average molecular weight is 493 g/mol. The maximum absolute atomic E-state index is 12.6. The molecule has 1 aliphatic rings. The highest BCUT2D eigenvalue weighted by atomic mass is 35.5. The van der Waals surface area contributed by atoms with E-state index in [2.05, 4.69) is 29.4 Å². The number of thiophene rings is 1. The molecule has 0 fully saturated rings. The van der Waals surface area contributed by atoms with Gasteiger partial charge < -0.3 is 5.32 Å². The third-order valence-corrected chi connectivity index (χ3v) is 7.98. The summed E-state index contributed by atoms with van der Waals surface area (Å²) in [4.78, 5) is 18.4. The largest absolute Gasteiger partial charge is 0.317 e. The second kappa shape index (κ2) is 10.4. The average Bonchev–Trinajstić information content (AvgIpc) is 3.15. The summed E-state index contributed by atoms with van der Waals surface area (Å²) in [5, 5.41) is 23.9. The number of aromatic nitrogens is 1. The van der Waals surface area contributed by atoms with Gasteiger partial charge in [0.25, 0.3) is 0 Å². The Hall–Kier alpha value is -2.84. The van der Waals surface area contributed by atoms with E-state index in [0.29, 0.717) is 37.8 Å². The molecule has 1 amide bonds. The minimum Gasteiger partial charge on any atom is -0.317 e. The van der Waals surface area contributed by atoms with Crippen LogP contribution in [0.5, 0.6) is 0 Å². The number of hydrogen-bond acceptors (Lipinski definition) is 6. The van der Waals surface area contributed by atoms with Gasteiger partial charge in [0.1, 0.15) is 22.2 Å². The Labute approximate surface area is 206 Å². The molecular formula is C25H21ClN4OS2. The molecule has 0 saturated carbocycles. The van der Waals surface area contributed by atoms with Crippen LogP contribution >= 0.6 is 34.7 Å². The minimum absolute atomic E-state index is 0.141. The van der Waals surface area contributed by atoms with Crippen molar-refractivity contribution in [3.63, 3.8) is 0 Å². The smallest absolute Gasteiger partial charge is 0.225 e. The Balaban J connectivity index is 1.41. The van der Waals surface area contributed by atoms with E-state index in [1.165, 1.54) is 28.0 Å². The predicted molar refractivity (Wildman–Crippen MR) is 134 cm³/mol. The maximum atomic E-state index is 12.6. The van der Waals surface area contributed by atoms with E-state index in [9.17, 15) is 15.3 Å². The van der Waals surface area contributed by atoms with Crippen LogP contribution in [0, 0.1) is 28.6 Å². The molecule has 4 rings (SSSR count). The van der Waals surface area contributed by atoms with E-state index in [1.807, 2.05) is 12.1 Å². The first-order chi connectivity index (χ1) is 16.0. The Morgan fingerprint density at radius 2 is 2.03 bits per heavy atom. The third-order valence-electron chi connectivity index (χ3n) is 5.57. The summed E-state index contributed by atoms with van der Waals surface area (Å²) in [7, 11) is 0. The van der Waals surface area contributed by atoms with Gasteiger partial charge in [0.05, 0.1) is 16.8 Å². The van der Waals surface area contributed by atoms with Crippen LogP contribution in [0.15, 0.2) is 41.4 Å². The van der Waals surface area contributed by atoms with Gasteiger partial charge in [-0.05, 0) is 55.0 Å². The molecule has 0 saturated heterocycles. The summed E-state index contributed by atoms with van der Waals surface area (Å²) in [5.41, 5.74) is 3.85. The lowest BCUT2D eigenvalue weighted by Crippen LogP contribution is -2.12. The lowest BCUT2D eigenvalue weighted by atomic mass is 9.89. The summed E-state index contributed by atoms with van der Waals surface area (Å²) in [6.07, 6.45) is 3.19. The zero-order chi connectivity index (χ0) is 23.4. The first kappa shape index (κ1) is 23.3. The van der Waals surface area contributed by atoms with Gasteiger partial charge in [-0.1, -0.05) is 30.7 Å². The number of hydrogen-bond donors (Lipinski definition) is 1. The molecule has 8 heteroatoms. The van der Waals surface area contributed by atoms with Crippen molar-refractivity contribution in [3.05, 3.63) is 63.0 Å². The lowest BCUT2D eigenvalue weighted by molar-refractivity contribution is -0.115. The zero-order valence-electron chi connectivity index (χ0n) is 18.0. The van der Waals surface area contributed by atoms with Gasteiger partial charge in [-0.15, -0.1) is 23.1 Å². The second-order valence-corrected chi connectivity index (χ2v) is 10.6. The van der Waals surface area contributed by atoms with Crippen LogP contribution in [0.4, 0.5) is 5.00 Å². The van der Waals surface area contributed by atoms with Crippen LogP contribution in [0.3, 0.4) is 0 Å². The summed E-state index contributed by atoms with van der Waals surface area (Å²) >= 11 is 8.87. The predicted octanol–water partition coefficient (Wildman–Crippen LogP) is 6.45. The molecule has 5 nitrogen and oxygen atoms in total. The fourth-order valence-electron chi connectivity index (χ4n) is 3.80. The topological polar surface area (TPSA) is 89.6 Å². The molecule has 33 heavy (non-hydrogen) atoms. The zero-order valence-corrected chi connectivity index (χ0v) is 20.4. The van der Waals surface area contributed by atoms with Crippen molar-refractivity contribution in [3.8, 4) is 23.4 Å². The Morgan fingerprint density at radius 1 is 1.24 bits per heavy atom. The van der Waals surface area contributed by atoms with Gasteiger partial charge in [0.15, 0.2) is 0 Å². The van der Waals surface area contributed by atoms with E-state index >= 15 is 0 Å². The number of halogens is 1. The maximum Gasteiger partial charge on any atom is 0.225 e. The van der Waals surface area contributed by atoms with E-state index in [-0.39, 0.29) is 12.3 Å². The van der Waals surface area contributed by atoms with E-state index in [1.54, 1.807) is 24.3 Å². The van der Waals surface area contributed by atoms with Crippen LogP contribution in [0.2, 0.25) is 5.02 Å². The summed E-state index contributed by atoms with van der Waals surface area (Å²) < 4.78 is 0. The molecule has 3 aromatic rings. The molecule has 2 aromatic heterocycles. The number of carbonyl (C=O) groups excluding carboxylic acids is 1. The van der Waals surface area contributed by atoms with Crippen LogP contribution in [-0.4, -0.2) is 16.6 Å². The number of nitrogens with zero attached hydrogens (tertiary/aromatic N) is 3. The Kier molecular flexibility index (Phi) is 7.35. The quantitative estimate of drug-likeness (QED) is 0.399. The SMILES string of the molecule is CC1CCc2c(sc(NC(=O)CCSc3nc(-c4ccc(Cl)cc4)ccc3C#N)c2C#N)C1. The van der Waals surface area contributed by atoms with Gasteiger partial charge >= 0.3 is 0 Å². The van der Waals surface area contributed by atoms with Crippen molar-refractivity contribution in [2.45, 2.75) is 37.6 Å². The molecule has 0 bridgehead atoms. The van der Waals surface area contributed by atoms with Gasteiger partial charge in [0, 0.05) is 27.6 Å². The van der Waals surface area contributed by atoms with Crippen LogP contribution < -0.4 is 5.32 Å². The van der Waals surface area contributed by atoms with E-state index in [4.69, 9.17) is 11.6 Å². The summed E-state index contributed by atoms with van der Waals surface area (Å²) in [6, 6.07) is 15.4. The molecule has 0 spiro atoms. The number of carbonyl (C=O) groups is 1. The highest BCUT2D eigenvalue weighted by Gasteiger charge is 2.24. The molecule has 2 heterocycles. The van der Waals surface area contributed by atoms with Crippen molar-refractivity contribution in [1.29, 1.82) is 10.5 Å². The van der Waals surface area contributed by atoms with Gasteiger partial charge in [0.2, 0.25) is 5.91 Å². The van der Waals surface area contributed by atoms with Crippen molar-refractivity contribution >= 4 is 45.6 Å². The molecule has 1 N–H and O–H groups in total. The van der Waals surface area contributed by atoms with E-state index < -0.39 is 0 Å². The normalized spacial score (nSPS) is 14.7. The van der Waals surface area contributed by atoms with Gasteiger partial charge in [-0.3, -0.25) is 4.79 Å². The highest BCUT2D eigenvalue weighted by molar-refractivity contribution is 7.99. The Bertz CT molecular complexity index is 1270. The first-order valence-corrected chi connectivity index (χ1v) is 12.8. The first-order valence-electron chi connectivity index (χ1n) is 10.6.